The molecule has 0 N–H and O–H groups in total. The highest BCUT2D eigenvalue weighted by molar-refractivity contribution is 7.88. The normalized spacial score (nSPS) is 24.1. The van der Waals surface area contributed by atoms with Gasteiger partial charge in [0.05, 0.1) is 25.5 Å². The number of carbonyl (C=O) groups is 1. The van der Waals surface area contributed by atoms with Crippen LogP contribution in [0.15, 0.2) is 22.8 Å². The maximum Gasteiger partial charge on any atom is 0.230 e. The Morgan fingerprint density at radius 1 is 1.40 bits per heavy atom. The molecule has 2 aliphatic heterocycles. The number of methoxy groups -OCH3 is 1. The molecule has 7 nitrogen and oxygen atoms in total. The van der Waals surface area contributed by atoms with Gasteiger partial charge in [-0.3, -0.25) is 4.79 Å². The third kappa shape index (κ3) is 3.91. The van der Waals surface area contributed by atoms with E-state index in [0.29, 0.717) is 38.5 Å². The number of piperidine rings is 1. The topological polar surface area (TPSA) is 80.1 Å². The molecule has 3 rings (SSSR count). The molecule has 1 atom stereocenters. The Balaban J connectivity index is 1.65. The zero-order chi connectivity index (χ0) is 18.1. The number of carbonyl (C=O) groups excluding carboxylic acids is 1. The van der Waals surface area contributed by atoms with Crippen LogP contribution >= 0.6 is 0 Å². The minimum Gasteiger partial charge on any atom is -0.469 e. The lowest BCUT2D eigenvalue weighted by atomic mass is 9.71. The predicted octanol–water partition coefficient (Wildman–Crippen LogP) is 0.969. The standard InChI is InChI=1S/C17H26N2O5S/c1-23-12-14-11-19(25(2,21)22)13-17(14)5-7-18(8-6-17)16(20)10-15-4-3-9-24-15/h3-4,9,14H,5-8,10-13H2,1-2H3. The number of hydrogen-bond donors (Lipinski definition) is 0. The molecule has 2 aliphatic rings. The molecule has 140 valence electrons. The van der Waals surface area contributed by atoms with Crippen LogP contribution in [-0.4, -0.2) is 69.7 Å². The van der Waals surface area contributed by atoms with Crippen LogP contribution in [0.25, 0.3) is 0 Å². The van der Waals surface area contributed by atoms with Crippen molar-refractivity contribution in [2.45, 2.75) is 19.3 Å². The second kappa shape index (κ2) is 7.09. The van der Waals surface area contributed by atoms with Gasteiger partial charge in [0.25, 0.3) is 0 Å². The van der Waals surface area contributed by atoms with Crippen LogP contribution in [0.2, 0.25) is 0 Å². The molecule has 8 heteroatoms. The fourth-order valence-corrected chi connectivity index (χ4v) is 5.05. The second-order valence-corrected chi connectivity index (χ2v) is 9.19. The van der Waals surface area contributed by atoms with Crippen molar-refractivity contribution in [2.24, 2.45) is 11.3 Å². The average Bonchev–Trinajstić information content (AvgIpc) is 3.17. The van der Waals surface area contributed by atoms with Crippen LogP contribution in [0.5, 0.6) is 0 Å². The van der Waals surface area contributed by atoms with Crippen molar-refractivity contribution in [1.82, 2.24) is 9.21 Å². The third-order valence-corrected chi connectivity index (χ3v) is 6.85. The molecule has 1 aromatic heterocycles. The molecule has 1 amide bonds. The van der Waals surface area contributed by atoms with Gasteiger partial charge in [-0.1, -0.05) is 0 Å². The van der Waals surface area contributed by atoms with Gasteiger partial charge < -0.3 is 14.1 Å². The largest absolute Gasteiger partial charge is 0.469 e. The van der Waals surface area contributed by atoms with Crippen molar-refractivity contribution < 1.29 is 22.4 Å². The Morgan fingerprint density at radius 2 is 2.12 bits per heavy atom. The number of ether oxygens (including phenoxy) is 1. The van der Waals surface area contributed by atoms with E-state index in [1.807, 2.05) is 4.90 Å². The van der Waals surface area contributed by atoms with Crippen molar-refractivity contribution >= 4 is 15.9 Å². The second-order valence-electron chi connectivity index (χ2n) is 7.21. The molecule has 0 aliphatic carbocycles. The number of amides is 1. The van der Waals surface area contributed by atoms with Gasteiger partial charge >= 0.3 is 0 Å². The van der Waals surface area contributed by atoms with E-state index < -0.39 is 10.0 Å². The van der Waals surface area contributed by atoms with Crippen LogP contribution in [-0.2, 0) is 26.0 Å². The summed E-state index contributed by atoms with van der Waals surface area (Å²) < 4.78 is 36.1. The number of furan rings is 1. The van der Waals surface area contributed by atoms with Crippen LogP contribution < -0.4 is 0 Å². The zero-order valence-electron chi connectivity index (χ0n) is 14.8. The van der Waals surface area contributed by atoms with Crippen molar-refractivity contribution in [3.8, 4) is 0 Å². The fourth-order valence-electron chi connectivity index (χ4n) is 4.11. The Kier molecular flexibility index (Phi) is 5.22. The van der Waals surface area contributed by atoms with Crippen LogP contribution in [0, 0.1) is 11.3 Å². The van der Waals surface area contributed by atoms with Gasteiger partial charge in [-0.05, 0) is 30.4 Å². The first-order chi connectivity index (χ1) is 11.8. The van der Waals surface area contributed by atoms with Crippen molar-refractivity contribution in [2.75, 3.05) is 46.2 Å². The van der Waals surface area contributed by atoms with Gasteiger partial charge in [-0.25, -0.2) is 12.7 Å². The quantitative estimate of drug-likeness (QED) is 0.772. The molecular formula is C17H26N2O5S. The van der Waals surface area contributed by atoms with Gasteiger partial charge in [-0.15, -0.1) is 0 Å². The number of rotatable bonds is 5. The van der Waals surface area contributed by atoms with Crippen LogP contribution in [0.4, 0.5) is 0 Å². The van der Waals surface area contributed by atoms with E-state index in [0.717, 1.165) is 12.8 Å². The molecule has 0 saturated carbocycles. The lowest BCUT2D eigenvalue weighted by Crippen LogP contribution is -2.47. The first kappa shape index (κ1) is 18.4. The van der Waals surface area contributed by atoms with E-state index in [-0.39, 0.29) is 23.7 Å². The van der Waals surface area contributed by atoms with Crippen molar-refractivity contribution in [3.63, 3.8) is 0 Å². The van der Waals surface area contributed by atoms with Gasteiger partial charge in [0.2, 0.25) is 15.9 Å². The summed E-state index contributed by atoms with van der Waals surface area (Å²) in [4.78, 5) is 14.3. The molecule has 1 spiro atoms. The van der Waals surface area contributed by atoms with Gasteiger partial charge in [0.15, 0.2) is 0 Å². The van der Waals surface area contributed by atoms with E-state index in [1.54, 1.807) is 29.8 Å². The number of likely N-dealkylation sites (tertiary alicyclic amines) is 1. The molecule has 25 heavy (non-hydrogen) atoms. The molecule has 3 heterocycles. The third-order valence-electron chi connectivity index (χ3n) is 5.64. The summed E-state index contributed by atoms with van der Waals surface area (Å²) in [6.07, 6.45) is 4.71. The number of sulfonamides is 1. The van der Waals surface area contributed by atoms with Crippen LogP contribution in [0.3, 0.4) is 0 Å². The highest BCUT2D eigenvalue weighted by Crippen LogP contribution is 2.45. The average molecular weight is 370 g/mol. The molecule has 0 bridgehead atoms. The molecule has 0 aromatic carbocycles. The lowest BCUT2D eigenvalue weighted by Gasteiger charge is -2.42. The summed E-state index contributed by atoms with van der Waals surface area (Å²) in [5.74, 6) is 0.910. The molecule has 1 aromatic rings. The van der Waals surface area contributed by atoms with Crippen molar-refractivity contribution in [1.29, 1.82) is 0 Å². The van der Waals surface area contributed by atoms with E-state index in [1.165, 1.54) is 6.26 Å². The molecular weight excluding hydrogens is 344 g/mol. The Labute approximate surface area is 149 Å². The van der Waals surface area contributed by atoms with Crippen LogP contribution in [0.1, 0.15) is 18.6 Å². The smallest absolute Gasteiger partial charge is 0.230 e. The molecule has 0 radical (unpaired) electrons. The Hall–Kier alpha value is -1.38. The maximum absolute atomic E-state index is 12.4. The highest BCUT2D eigenvalue weighted by atomic mass is 32.2. The SMILES string of the molecule is COCC1CN(S(C)(=O)=O)CC12CCN(C(=O)Cc1ccco1)CC2. The summed E-state index contributed by atoms with van der Waals surface area (Å²) in [5, 5.41) is 0. The van der Waals surface area contributed by atoms with E-state index in [4.69, 9.17) is 9.15 Å². The zero-order valence-corrected chi connectivity index (χ0v) is 15.6. The minimum atomic E-state index is -3.21. The first-order valence-electron chi connectivity index (χ1n) is 8.58. The summed E-state index contributed by atoms with van der Waals surface area (Å²) in [6, 6.07) is 3.58. The molecule has 2 fully saturated rings. The van der Waals surface area contributed by atoms with Gasteiger partial charge in [0.1, 0.15) is 5.76 Å². The Bertz CT molecular complexity index is 693. The van der Waals surface area contributed by atoms with Gasteiger partial charge in [0, 0.05) is 39.2 Å². The van der Waals surface area contributed by atoms with Gasteiger partial charge in [-0.2, -0.15) is 0 Å². The Morgan fingerprint density at radius 3 is 2.68 bits per heavy atom. The summed E-state index contributed by atoms with van der Waals surface area (Å²) >= 11 is 0. The van der Waals surface area contributed by atoms with E-state index in [2.05, 4.69) is 0 Å². The number of nitrogens with zero attached hydrogens (tertiary/aromatic N) is 2. The molecule has 1 unspecified atom stereocenters. The van der Waals surface area contributed by atoms with E-state index >= 15 is 0 Å². The first-order valence-corrected chi connectivity index (χ1v) is 10.4. The minimum absolute atomic E-state index is 0.0612. The predicted molar refractivity (Wildman–Crippen MR) is 92.4 cm³/mol. The summed E-state index contributed by atoms with van der Waals surface area (Å²) in [7, 11) is -1.56. The fraction of sp³-hybridized carbons (Fsp3) is 0.706. The maximum atomic E-state index is 12.4. The van der Waals surface area contributed by atoms with E-state index in [9.17, 15) is 13.2 Å². The monoisotopic (exact) mass is 370 g/mol. The summed E-state index contributed by atoms with van der Waals surface area (Å²) in [6.45, 7) is 2.88. The van der Waals surface area contributed by atoms with Crippen molar-refractivity contribution in [3.05, 3.63) is 24.2 Å². The highest BCUT2D eigenvalue weighted by Gasteiger charge is 2.50. The number of hydrogen-bond acceptors (Lipinski definition) is 5. The molecule has 2 saturated heterocycles. The lowest BCUT2D eigenvalue weighted by molar-refractivity contribution is -0.133. The summed E-state index contributed by atoms with van der Waals surface area (Å²) in [5.41, 5.74) is -0.0967.